The van der Waals surface area contributed by atoms with Crippen LogP contribution in [0.25, 0.3) is 6.08 Å². The number of urea groups is 1. The topological polar surface area (TPSA) is 94.2 Å². The fraction of sp³-hybridized carbons (Fsp3) is 0.115. The molecule has 4 amide bonds. The van der Waals surface area contributed by atoms with Crippen LogP contribution in [0, 0.1) is 0 Å². The van der Waals surface area contributed by atoms with E-state index in [0.29, 0.717) is 22.0 Å². The normalized spacial score (nSPS) is 14.5. The van der Waals surface area contributed by atoms with Crippen molar-refractivity contribution in [2.24, 2.45) is 0 Å². The lowest BCUT2D eigenvalue weighted by atomic mass is 10.1. The van der Waals surface area contributed by atoms with Gasteiger partial charge in [0.05, 0.1) is 22.8 Å². The number of barbiturate groups is 1. The molecule has 0 atom stereocenters. The van der Waals surface area contributed by atoms with Crippen LogP contribution >= 0.6 is 39.1 Å². The largest absolute Gasteiger partial charge is 0.493 e. The van der Waals surface area contributed by atoms with Crippen molar-refractivity contribution >= 4 is 68.7 Å². The highest BCUT2D eigenvalue weighted by Gasteiger charge is 2.36. The Morgan fingerprint density at radius 1 is 0.919 bits per heavy atom. The van der Waals surface area contributed by atoms with Gasteiger partial charge in [-0.2, -0.15) is 0 Å². The molecule has 1 saturated heterocycles. The van der Waals surface area contributed by atoms with Gasteiger partial charge in [0.15, 0.2) is 11.5 Å². The van der Waals surface area contributed by atoms with Gasteiger partial charge in [0, 0.05) is 4.47 Å². The molecule has 0 unspecified atom stereocenters. The number of carbonyl (C=O) groups is 3. The number of rotatable bonds is 8. The minimum Gasteiger partial charge on any atom is -0.493 e. The summed E-state index contributed by atoms with van der Waals surface area (Å²) in [4.78, 5) is 38.9. The third-order valence-corrected chi connectivity index (χ3v) is 6.29. The average molecular weight is 606 g/mol. The van der Waals surface area contributed by atoms with Crippen LogP contribution in [0.3, 0.4) is 0 Å². The lowest BCUT2D eigenvalue weighted by molar-refractivity contribution is -0.122. The Morgan fingerprint density at radius 3 is 2.32 bits per heavy atom. The average Bonchev–Trinajstić information content (AvgIpc) is 2.87. The van der Waals surface area contributed by atoms with Crippen molar-refractivity contribution in [2.75, 3.05) is 25.2 Å². The monoisotopic (exact) mass is 604 g/mol. The molecule has 0 radical (unpaired) electrons. The van der Waals surface area contributed by atoms with E-state index in [1.165, 1.54) is 19.3 Å². The highest BCUT2D eigenvalue weighted by atomic mass is 79.9. The van der Waals surface area contributed by atoms with Crippen LogP contribution in [-0.4, -0.2) is 38.2 Å². The van der Waals surface area contributed by atoms with Crippen LogP contribution < -0.4 is 24.4 Å². The predicted molar refractivity (Wildman–Crippen MR) is 144 cm³/mol. The number of nitrogens with zero attached hydrogens (tertiary/aromatic N) is 1. The summed E-state index contributed by atoms with van der Waals surface area (Å²) < 4.78 is 17.6. The molecular weight excluding hydrogens is 587 g/mol. The summed E-state index contributed by atoms with van der Waals surface area (Å²) in [7, 11) is 1.43. The Hall–Kier alpha value is -3.53. The van der Waals surface area contributed by atoms with E-state index in [-0.39, 0.29) is 35.3 Å². The maximum Gasteiger partial charge on any atom is 0.335 e. The van der Waals surface area contributed by atoms with E-state index in [0.717, 1.165) is 9.37 Å². The van der Waals surface area contributed by atoms with E-state index < -0.39 is 17.8 Å². The summed E-state index contributed by atoms with van der Waals surface area (Å²) in [6.07, 6.45) is 1.33. The molecule has 0 aromatic heterocycles. The fourth-order valence-corrected chi connectivity index (χ4v) is 4.20. The van der Waals surface area contributed by atoms with Gasteiger partial charge in [0.2, 0.25) is 0 Å². The zero-order valence-electron chi connectivity index (χ0n) is 19.3. The van der Waals surface area contributed by atoms with Crippen LogP contribution in [0.15, 0.2) is 70.7 Å². The molecule has 0 saturated carbocycles. The second kappa shape index (κ2) is 11.7. The van der Waals surface area contributed by atoms with Crippen LogP contribution in [0.1, 0.15) is 5.56 Å². The van der Waals surface area contributed by atoms with Crippen molar-refractivity contribution < 1.29 is 28.6 Å². The molecule has 1 aliphatic rings. The first kappa shape index (κ1) is 26.5. The van der Waals surface area contributed by atoms with E-state index in [4.69, 9.17) is 37.4 Å². The molecule has 3 aromatic rings. The number of halogens is 3. The summed E-state index contributed by atoms with van der Waals surface area (Å²) in [5.41, 5.74) is 0.454. The molecule has 0 aliphatic carbocycles. The van der Waals surface area contributed by atoms with Crippen molar-refractivity contribution in [1.82, 2.24) is 5.32 Å². The zero-order chi connectivity index (χ0) is 26.5. The van der Waals surface area contributed by atoms with E-state index in [2.05, 4.69) is 21.2 Å². The van der Waals surface area contributed by atoms with Crippen molar-refractivity contribution in [3.8, 4) is 17.2 Å². The van der Waals surface area contributed by atoms with Gasteiger partial charge in [-0.05, 0) is 60.2 Å². The number of anilines is 1. The lowest BCUT2D eigenvalue weighted by Crippen LogP contribution is -2.54. The molecule has 8 nitrogen and oxygen atoms in total. The summed E-state index contributed by atoms with van der Waals surface area (Å²) in [6, 6.07) is 15.8. The molecule has 1 heterocycles. The first-order valence-corrected chi connectivity index (χ1v) is 12.4. The van der Waals surface area contributed by atoms with Crippen molar-refractivity contribution in [3.05, 3.63) is 86.3 Å². The number of carbonyl (C=O) groups excluding carboxylic acids is 3. The van der Waals surface area contributed by atoms with Gasteiger partial charge in [-0.15, -0.1) is 0 Å². The number of nitrogens with one attached hydrogen (secondary N) is 1. The molecule has 37 heavy (non-hydrogen) atoms. The number of benzene rings is 3. The van der Waals surface area contributed by atoms with Crippen molar-refractivity contribution in [1.29, 1.82) is 0 Å². The molecule has 0 bridgehead atoms. The molecule has 1 N–H and O–H groups in total. The van der Waals surface area contributed by atoms with Gasteiger partial charge in [0.25, 0.3) is 11.8 Å². The molecule has 1 fully saturated rings. The molecule has 190 valence electrons. The van der Waals surface area contributed by atoms with E-state index in [1.54, 1.807) is 54.6 Å². The Kier molecular flexibility index (Phi) is 8.38. The van der Waals surface area contributed by atoms with Gasteiger partial charge in [-0.1, -0.05) is 51.3 Å². The Labute approximate surface area is 230 Å². The molecule has 0 spiro atoms. The summed E-state index contributed by atoms with van der Waals surface area (Å²) in [5.74, 6) is -0.528. The van der Waals surface area contributed by atoms with Crippen molar-refractivity contribution in [3.63, 3.8) is 0 Å². The van der Waals surface area contributed by atoms with E-state index >= 15 is 0 Å². The Bertz CT molecular complexity index is 1390. The van der Waals surface area contributed by atoms with Gasteiger partial charge in [-0.3, -0.25) is 14.9 Å². The molecule has 4 rings (SSSR count). The maximum atomic E-state index is 13.1. The number of imide groups is 2. The Morgan fingerprint density at radius 2 is 1.62 bits per heavy atom. The number of para-hydroxylation sites is 1. The summed E-state index contributed by atoms with van der Waals surface area (Å²) >= 11 is 15.8. The van der Waals surface area contributed by atoms with E-state index in [9.17, 15) is 14.4 Å². The number of methoxy groups -OCH3 is 1. The second-order valence-corrected chi connectivity index (χ2v) is 9.33. The Balaban J connectivity index is 1.53. The quantitative estimate of drug-likeness (QED) is 0.195. The minimum atomic E-state index is -0.840. The predicted octanol–water partition coefficient (Wildman–Crippen LogP) is 5.89. The van der Waals surface area contributed by atoms with Crippen LogP contribution in [0.2, 0.25) is 10.0 Å². The highest BCUT2D eigenvalue weighted by Crippen LogP contribution is 2.37. The van der Waals surface area contributed by atoms with Crippen LogP contribution in [0.5, 0.6) is 17.2 Å². The first-order chi connectivity index (χ1) is 17.8. The second-order valence-electron chi connectivity index (χ2n) is 7.60. The van der Waals surface area contributed by atoms with E-state index in [1.807, 2.05) is 0 Å². The van der Waals surface area contributed by atoms with Crippen molar-refractivity contribution in [2.45, 2.75) is 0 Å². The summed E-state index contributed by atoms with van der Waals surface area (Å²) in [5, 5.41) is 2.86. The smallest absolute Gasteiger partial charge is 0.335 e. The van der Waals surface area contributed by atoms with Gasteiger partial charge in [-0.25, -0.2) is 9.69 Å². The number of hydrogen-bond acceptors (Lipinski definition) is 6. The minimum absolute atomic E-state index is 0.146. The molecular formula is C26H19BrCl2N2O6. The first-order valence-electron chi connectivity index (χ1n) is 10.8. The van der Waals surface area contributed by atoms with Gasteiger partial charge < -0.3 is 14.2 Å². The number of hydrogen-bond donors (Lipinski definition) is 1. The van der Waals surface area contributed by atoms with Crippen LogP contribution in [0.4, 0.5) is 10.5 Å². The van der Waals surface area contributed by atoms with Gasteiger partial charge >= 0.3 is 6.03 Å². The number of ether oxygens (including phenoxy) is 3. The fourth-order valence-electron chi connectivity index (χ4n) is 3.47. The summed E-state index contributed by atoms with van der Waals surface area (Å²) in [6.45, 7) is 0.344. The molecule has 3 aromatic carbocycles. The van der Waals surface area contributed by atoms with Crippen LogP contribution in [-0.2, 0) is 9.59 Å². The highest BCUT2D eigenvalue weighted by molar-refractivity contribution is 9.10. The molecule has 11 heteroatoms. The zero-order valence-corrected chi connectivity index (χ0v) is 22.4. The standard InChI is InChI=1S/C26H19BrCl2N2O6/c1-35-22-14-15(13-20(29)23(22)37-11-10-36-21-5-3-2-4-19(21)28)12-18-24(32)30-26(34)31(25(18)33)17-8-6-16(27)7-9-17/h2-9,12-14H,10-11H2,1H3,(H,30,32,34). The maximum absolute atomic E-state index is 13.1. The third kappa shape index (κ3) is 6.07. The SMILES string of the molecule is COc1cc(C=C2C(=O)NC(=O)N(c3ccc(Br)cc3)C2=O)cc(Cl)c1OCCOc1ccccc1Cl. The third-order valence-electron chi connectivity index (χ3n) is 5.17. The lowest BCUT2D eigenvalue weighted by Gasteiger charge is -2.26. The number of amides is 4. The molecule has 1 aliphatic heterocycles. The van der Waals surface area contributed by atoms with Gasteiger partial charge in [0.1, 0.15) is 24.5 Å².